The Morgan fingerprint density at radius 3 is 1.15 bits per heavy atom. The van der Waals surface area contributed by atoms with E-state index in [1.54, 1.807) is 0 Å². The molecular weight excluding hydrogens is 162 g/mol. The average molecular weight is 187 g/mol. The normalized spacial score (nSPS) is 13.4. The zero-order valence-electron chi connectivity index (χ0n) is 9.48. The predicted molar refractivity (Wildman–Crippen MR) is 58.1 cm³/mol. The van der Waals surface area contributed by atoms with Crippen molar-refractivity contribution in [1.82, 2.24) is 5.32 Å². The van der Waals surface area contributed by atoms with Crippen LogP contribution in [0.2, 0.25) is 0 Å². The van der Waals surface area contributed by atoms with Gasteiger partial charge in [0, 0.05) is 0 Å². The van der Waals surface area contributed by atoms with Crippen LogP contribution in [0.1, 0.15) is 53.4 Å². The molecule has 0 aromatic rings. The number of nitrogens with two attached hydrogens (primary N) is 2. The van der Waals surface area contributed by atoms with Gasteiger partial charge in [-0.1, -0.05) is 27.7 Å². The average Bonchev–Trinajstić information content (AvgIpc) is 2.17. The van der Waals surface area contributed by atoms with E-state index in [1.807, 2.05) is 0 Å². The Morgan fingerprint density at radius 1 is 0.769 bits per heavy atom. The molecular formula is C10H25N3. The van der Waals surface area contributed by atoms with E-state index in [4.69, 9.17) is 11.5 Å². The molecule has 0 aromatic heterocycles. The van der Waals surface area contributed by atoms with Crippen molar-refractivity contribution >= 4 is 0 Å². The highest BCUT2D eigenvalue weighted by Gasteiger charge is 2.30. The maximum atomic E-state index is 6.14. The quantitative estimate of drug-likeness (QED) is 0.552. The number of nitrogens with one attached hydrogen (secondary N) is 1. The summed E-state index contributed by atoms with van der Waals surface area (Å²) >= 11 is 0. The van der Waals surface area contributed by atoms with Gasteiger partial charge in [-0.25, -0.2) is 0 Å². The van der Waals surface area contributed by atoms with Gasteiger partial charge in [0.05, 0.1) is 11.3 Å². The van der Waals surface area contributed by atoms with Gasteiger partial charge < -0.3 is 11.5 Å². The molecule has 0 amide bonds. The maximum Gasteiger partial charge on any atom is 0.0670 e. The molecule has 0 radical (unpaired) electrons. The molecule has 0 spiro atoms. The van der Waals surface area contributed by atoms with Gasteiger partial charge in [0.1, 0.15) is 0 Å². The zero-order valence-corrected chi connectivity index (χ0v) is 9.48. The monoisotopic (exact) mass is 187 g/mol. The largest absolute Gasteiger partial charge is 0.313 e. The fourth-order valence-electron chi connectivity index (χ4n) is 1.35. The van der Waals surface area contributed by atoms with Crippen LogP contribution in [-0.4, -0.2) is 11.3 Å². The standard InChI is InChI=1S/C10H25N3/c1-5-9(11,6-2)13-10(12,7-3)8-4/h13H,5-8,11-12H2,1-4H3. The van der Waals surface area contributed by atoms with Crippen LogP contribution in [0.25, 0.3) is 0 Å². The highest BCUT2D eigenvalue weighted by molar-refractivity contribution is 4.88. The SMILES string of the molecule is CCC(N)(CC)NC(N)(CC)CC. The second kappa shape index (κ2) is 4.94. The second-order valence-corrected chi connectivity index (χ2v) is 3.85. The summed E-state index contributed by atoms with van der Waals surface area (Å²) in [6, 6.07) is 0. The van der Waals surface area contributed by atoms with Crippen LogP contribution in [0.3, 0.4) is 0 Å². The summed E-state index contributed by atoms with van der Waals surface area (Å²) in [5, 5.41) is 3.36. The van der Waals surface area contributed by atoms with Crippen LogP contribution in [-0.2, 0) is 0 Å². The summed E-state index contributed by atoms with van der Waals surface area (Å²) in [4.78, 5) is 0. The third kappa shape index (κ3) is 3.63. The lowest BCUT2D eigenvalue weighted by Crippen LogP contribution is -2.66. The summed E-state index contributed by atoms with van der Waals surface area (Å²) in [6.07, 6.45) is 3.62. The predicted octanol–water partition coefficient (Wildman–Crippen LogP) is 1.53. The van der Waals surface area contributed by atoms with Gasteiger partial charge in [-0.2, -0.15) is 0 Å². The summed E-state index contributed by atoms with van der Waals surface area (Å²) in [7, 11) is 0. The first-order valence-corrected chi connectivity index (χ1v) is 5.32. The van der Waals surface area contributed by atoms with Crippen molar-refractivity contribution in [2.75, 3.05) is 0 Å². The van der Waals surface area contributed by atoms with Gasteiger partial charge in [0.25, 0.3) is 0 Å². The summed E-state index contributed by atoms with van der Waals surface area (Å²) in [5.41, 5.74) is 11.7. The maximum absolute atomic E-state index is 6.14. The van der Waals surface area contributed by atoms with Crippen molar-refractivity contribution in [1.29, 1.82) is 0 Å². The molecule has 3 nitrogen and oxygen atoms in total. The van der Waals surface area contributed by atoms with Crippen molar-refractivity contribution in [2.45, 2.75) is 64.7 Å². The third-order valence-electron chi connectivity index (χ3n) is 3.02. The minimum Gasteiger partial charge on any atom is -0.313 e. The van der Waals surface area contributed by atoms with Crippen LogP contribution in [0, 0.1) is 0 Å². The van der Waals surface area contributed by atoms with Crippen molar-refractivity contribution in [3.8, 4) is 0 Å². The second-order valence-electron chi connectivity index (χ2n) is 3.85. The van der Waals surface area contributed by atoms with Crippen LogP contribution >= 0.6 is 0 Å². The van der Waals surface area contributed by atoms with Gasteiger partial charge >= 0.3 is 0 Å². The van der Waals surface area contributed by atoms with Crippen LogP contribution < -0.4 is 16.8 Å². The molecule has 5 N–H and O–H groups in total. The molecule has 80 valence electrons. The van der Waals surface area contributed by atoms with E-state index >= 15 is 0 Å². The third-order valence-corrected chi connectivity index (χ3v) is 3.02. The van der Waals surface area contributed by atoms with Gasteiger partial charge in [0.15, 0.2) is 0 Å². The number of hydrogen-bond acceptors (Lipinski definition) is 3. The van der Waals surface area contributed by atoms with Crippen molar-refractivity contribution in [2.24, 2.45) is 11.5 Å². The Balaban J connectivity index is 4.36. The molecule has 0 fully saturated rings. The van der Waals surface area contributed by atoms with Crippen molar-refractivity contribution in [3.05, 3.63) is 0 Å². The fraction of sp³-hybridized carbons (Fsp3) is 1.00. The minimum atomic E-state index is -0.305. The molecule has 0 aromatic carbocycles. The number of hydrogen-bond donors (Lipinski definition) is 3. The molecule has 0 aliphatic carbocycles. The van der Waals surface area contributed by atoms with Gasteiger partial charge in [-0.3, -0.25) is 5.32 Å². The van der Waals surface area contributed by atoms with Crippen molar-refractivity contribution in [3.63, 3.8) is 0 Å². The van der Waals surface area contributed by atoms with Crippen LogP contribution in [0.15, 0.2) is 0 Å². The zero-order chi connectivity index (χ0) is 10.5. The minimum absolute atomic E-state index is 0.305. The molecule has 0 aliphatic heterocycles. The molecule has 0 unspecified atom stereocenters. The highest BCUT2D eigenvalue weighted by atomic mass is 15.2. The lowest BCUT2D eigenvalue weighted by Gasteiger charge is -2.39. The molecule has 13 heavy (non-hydrogen) atoms. The van der Waals surface area contributed by atoms with E-state index < -0.39 is 0 Å². The fourth-order valence-corrected chi connectivity index (χ4v) is 1.35. The Morgan fingerprint density at radius 2 is 1.00 bits per heavy atom. The van der Waals surface area contributed by atoms with E-state index in [0.717, 1.165) is 25.7 Å². The molecule has 0 rings (SSSR count). The van der Waals surface area contributed by atoms with E-state index in [9.17, 15) is 0 Å². The Bertz CT molecular complexity index is 121. The van der Waals surface area contributed by atoms with Crippen LogP contribution in [0.5, 0.6) is 0 Å². The molecule has 3 heteroatoms. The summed E-state index contributed by atoms with van der Waals surface area (Å²) in [6.45, 7) is 8.34. The van der Waals surface area contributed by atoms with Gasteiger partial charge in [0.2, 0.25) is 0 Å². The number of rotatable bonds is 6. The smallest absolute Gasteiger partial charge is 0.0670 e. The van der Waals surface area contributed by atoms with Crippen LogP contribution in [0.4, 0.5) is 0 Å². The topological polar surface area (TPSA) is 64.1 Å². The Kier molecular flexibility index (Phi) is 4.89. The van der Waals surface area contributed by atoms with E-state index in [1.165, 1.54) is 0 Å². The summed E-state index contributed by atoms with van der Waals surface area (Å²) in [5.74, 6) is 0. The van der Waals surface area contributed by atoms with Crippen molar-refractivity contribution < 1.29 is 0 Å². The van der Waals surface area contributed by atoms with E-state index in [0.29, 0.717) is 0 Å². The molecule has 0 saturated carbocycles. The van der Waals surface area contributed by atoms with E-state index in [-0.39, 0.29) is 11.3 Å². The first-order valence-electron chi connectivity index (χ1n) is 5.32. The van der Waals surface area contributed by atoms with E-state index in [2.05, 4.69) is 33.0 Å². The lowest BCUT2D eigenvalue weighted by molar-refractivity contribution is 0.186. The molecule has 0 bridgehead atoms. The Labute approximate surface area is 82.3 Å². The highest BCUT2D eigenvalue weighted by Crippen LogP contribution is 2.15. The lowest BCUT2D eigenvalue weighted by atomic mass is 9.98. The molecule has 0 saturated heterocycles. The first-order chi connectivity index (χ1) is 5.95. The molecule has 0 aliphatic rings. The van der Waals surface area contributed by atoms with Gasteiger partial charge in [-0.15, -0.1) is 0 Å². The molecule has 0 heterocycles. The first kappa shape index (κ1) is 12.9. The van der Waals surface area contributed by atoms with Gasteiger partial charge in [-0.05, 0) is 25.7 Å². The summed E-state index contributed by atoms with van der Waals surface area (Å²) < 4.78 is 0. The Hall–Kier alpha value is -0.120. The molecule has 0 atom stereocenters.